The molecule has 4 rings (SSSR count). The highest BCUT2D eigenvalue weighted by atomic mass is 16.1. The molecule has 0 N–H and O–H groups in total. The van der Waals surface area contributed by atoms with Crippen LogP contribution in [0, 0.1) is 0 Å². The Balaban J connectivity index is 0.000000186. The Morgan fingerprint density at radius 3 is 1.76 bits per heavy atom. The molecule has 33 heavy (non-hydrogen) atoms. The van der Waals surface area contributed by atoms with Gasteiger partial charge in [-0.05, 0) is 37.1 Å². The minimum Gasteiger partial charge on any atom is -0.211 e. The molecule has 3 aromatic rings. The predicted octanol–water partition coefficient (Wildman–Crippen LogP) is 5.40. The molecule has 0 saturated carbocycles. The summed E-state index contributed by atoms with van der Waals surface area (Å²) in [6.07, 6.45) is 10.5. The third-order valence-electron chi connectivity index (χ3n) is 5.13. The molecule has 1 aliphatic rings. The van der Waals surface area contributed by atoms with Crippen LogP contribution in [0.2, 0.25) is 0 Å². The summed E-state index contributed by atoms with van der Waals surface area (Å²) in [4.78, 5) is 56.0. The number of nitrogens with zero attached hydrogens (tertiary/aromatic N) is 4. The van der Waals surface area contributed by atoms with Crippen LogP contribution in [0.25, 0.3) is 16.8 Å². The van der Waals surface area contributed by atoms with Crippen LogP contribution >= 0.6 is 0 Å². The fourth-order valence-electron chi connectivity index (χ4n) is 3.64. The zero-order valence-corrected chi connectivity index (χ0v) is 17.5. The minimum atomic E-state index is -0.625. The van der Waals surface area contributed by atoms with Gasteiger partial charge in [-0.1, -0.05) is 48.6 Å². The highest BCUT2D eigenvalue weighted by molar-refractivity contribution is 6.00. The lowest BCUT2D eigenvalue weighted by atomic mass is 9.81. The summed E-state index contributed by atoms with van der Waals surface area (Å²) < 4.78 is 0. The molecule has 0 heterocycles. The van der Waals surface area contributed by atoms with Crippen molar-refractivity contribution in [3.8, 4) is 0 Å². The first-order valence-corrected chi connectivity index (χ1v) is 9.72. The number of fused-ring (bicyclic) bond motifs is 2. The summed E-state index contributed by atoms with van der Waals surface area (Å²) in [5.41, 5.74) is 2.62. The van der Waals surface area contributed by atoms with Gasteiger partial charge in [-0.2, -0.15) is 20.0 Å². The van der Waals surface area contributed by atoms with Crippen LogP contribution in [0.4, 0.5) is 17.1 Å². The van der Waals surface area contributed by atoms with Gasteiger partial charge in [0.15, 0.2) is 0 Å². The average molecular weight is 436 g/mol. The molecule has 1 aliphatic carbocycles. The Labute approximate surface area is 188 Å². The maximum absolute atomic E-state index is 10.5. The summed E-state index contributed by atoms with van der Waals surface area (Å²) in [5.74, 6) is 0. The van der Waals surface area contributed by atoms with Crippen LogP contribution in [-0.2, 0) is 24.7 Å². The number of aliphatic imine (C=N–C) groups is 4. The molecule has 0 aliphatic heterocycles. The second-order valence-electron chi connectivity index (χ2n) is 7.08. The zero-order chi connectivity index (χ0) is 23.7. The number of hydrogen-bond acceptors (Lipinski definition) is 8. The van der Waals surface area contributed by atoms with E-state index in [2.05, 4.69) is 20.0 Å². The number of hydrogen-bond donors (Lipinski definition) is 0. The fraction of sp³-hybridized carbons (Fsp3) is 0.120. The Morgan fingerprint density at radius 2 is 1.21 bits per heavy atom. The SMILES string of the molecule is CC1(N=C=O)CC=Cc2c(N=C=O)cccc21.O=C=Nc1cccc2c(N=C=O)cccc12. The first-order valence-electron chi connectivity index (χ1n) is 9.72. The summed E-state index contributed by atoms with van der Waals surface area (Å²) in [5, 5.41) is 1.50. The summed E-state index contributed by atoms with van der Waals surface area (Å²) in [7, 11) is 0. The standard InChI is InChI=1S/C13H10N2O2.C12H6N2O2/c1-13(15-9-17)7-3-4-10-11(13)5-2-6-12(10)14-8-16;15-7-13-11-5-1-3-9-10(11)4-2-6-12(9)14-8-16/h2-6H,7H2,1H3;1-6H. The molecule has 8 heteroatoms. The number of isocyanates is 4. The van der Waals surface area contributed by atoms with Gasteiger partial charge in [0.05, 0.1) is 22.6 Å². The Kier molecular flexibility index (Phi) is 7.25. The van der Waals surface area contributed by atoms with Crippen molar-refractivity contribution < 1.29 is 19.2 Å². The number of benzene rings is 3. The van der Waals surface area contributed by atoms with Crippen molar-refractivity contribution in [2.24, 2.45) is 20.0 Å². The van der Waals surface area contributed by atoms with E-state index in [-0.39, 0.29) is 0 Å². The van der Waals surface area contributed by atoms with E-state index in [1.807, 2.05) is 25.1 Å². The normalized spacial score (nSPS) is 15.3. The summed E-state index contributed by atoms with van der Waals surface area (Å²) in [6.45, 7) is 1.86. The molecule has 1 unspecified atom stereocenters. The van der Waals surface area contributed by atoms with E-state index in [0.29, 0.717) is 23.5 Å². The summed E-state index contributed by atoms with van der Waals surface area (Å²) >= 11 is 0. The third-order valence-corrected chi connectivity index (χ3v) is 5.13. The molecule has 160 valence electrons. The quantitative estimate of drug-likeness (QED) is 0.402. The topological polar surface area (TPSA) is 118 Å². The Hall–Kier alpha value is -4.82. The predicted molar refractivity (Wildman–Crippen MR) is 123 cm³/mol. The van der Waals surface area contributed by atoms with E-state index < -0.39 is 5.54 Å². The van der Waals surface area contributed by atoms with Gasteiger partial charge in [-0.15, -0.1) is 0 Å². The first-order chi connectivity index (χ1) is 16.1. The Morgan fingerprint density at radius 1 is 0.697 bits per heavy atom. The van der Waals surface area contributed by atoms with E-state index in [0.717, 1.165) is 21.9 Å². The molecule has 0 aromatic heterocycles. The van der Waals surface area contributed by atoms with Crippen molar-refractivity contribution in [2.45, 2.75) is 18.9 Å². The monoisotopic (exact) mass is 436 g/mol. The van der Waals surface area contributed by atoms with Crippen molar-refractivity contribution in [1.29, 1.82) is 0 Å². The van der Waals surface area contributed by atoms with Gasteiger partial charge in [0, 0.05) is 16.3 Å². The fourth-order valence-corrected chi connectivity index (χ4v) is 3.64. The molecule has 0 radical (unpaired) electrons. The molecule has 0 spiro atoms. The molecule has 1 atom stereocenters. The van der Waals surface area contributed by atoms with E-state index in [1.54, 1.807) is 54.6 Å². The average Bonchev–Trinajstić information content (AvgIpc) is 2.82. The lowest BCUT2D eigenvalue weighted by Crippen LogP contribution is -2.21. The van der Waals surface area contributed by atoms with Gasteiger partial charge in [0.2, 0.25) is 24.3 Å². The van der Waals surface area contributed by atoms with Crippen LogP contribution in [0.1, 0.15) is 24.5 Å². The second-order valence-corrected chi connectivity index (χ2v) is 7.08. The van der Waals surface area contributed by atoms with Crippen molar-refractivity contribution in [3.05, 3.63) is 71.8 Å². The molecule has 0 bridgehead atoms. The minimum absolute atomic E-state index is 0.510. The van der Waals surface area contributed by atoms with Gasteiger partial charge in [-0.3, -0.25) is 0 Å². The molecule has 8 nitrogen and oxygen atoms in total. The zero-order valence-electron chi connectivity index (χ0n) is 17.5. The van der Waals surface area contributed by atoms with E-state index >= 15 is 0 Å². The third kappa shape index (κ3) is 4.92. The smallest absolute Gasteiger partial charge is 0.211 e. The summed E-state index contributed by atoms with van der Waals surface area (Å²) in [6, 6.07) is 15.9. The van der Waals surface area contributed by atoms with Crippen LogP contribution < -0.4 is 0 Å². The lowest BCUT2D eigenvalue weighted by molar-refractivity contribution is 0.486. The van der Waals surface area contributed by atoms with Crippen LogP contribution in [0.3, 0.4) is 0 Å². The number of rotatable bonds is 4. The van der Waals surface area contributed by atoms with Gasteiger partial charge in [0.25, 0.3) is 0 Å². The van der Waals surface area contributed by atoms with Crippen molar-refractivity contribution in [1.82, 2.24) is 0 Å². The van der Waals surface area contributed by atoms with E-state index in [9.17, 15) is 19.2 Å². The molecule has 3 aromatic carbocycles. The highest BCUT2D eigenvalue weighted by Gasteiger charge is 2.30. The molecule has 0 amide bonds. The maximum Gasteiger partial charge on any atom is 0.240 e. The van der Waals surface area contributed by atoms with Gasteiger partial charge in [-0.25, -0.2) is 19.2 Å². The lowest BCUT2D eigenvalue weighted by Gasteiger charge is -2.28. The maximum atomic E-state index is 10.5. The molecule has 0 fully saturated rings. The first kappa shape index (κ1) is 22.9. The van der Waals surface area contributed by atoms with Gasteiger partial charge >= 0.3 is 0 Å². The van der Waals surface area contributed by atoms with E-state index in [4.69, 9.17) is 0 Å². The highest BCUT2D eigenvalue weighted by Crippen LogP contribution is 2.40. The van der Waals surface area contributed by atoms with Crippen LogP contribution in [-0.4, -0.2) is 24.3 Å². The van der Waals surface area contributed by atoms with Crippen molar-refractivity contribution in [3.63, 3.8) is 0 Å². The molecular formula is C25H16N4O4. The van der Waals surface area contributed by atoms with Crippen LogP contribution in [0.15, 0.2) is 80.6 Å². The van der Waals surface area contributed by atoms with Crippen molar-refractivity contribution >= 4 is 58.2 Å². The second kappa shape index (κ2) is 10.5. The van der Waals surface area contributed by atoms with Gasteiger partial charge < -0.3 is 0 Å². The molecular weight excluding hydrogens is 420 g/mol. The largest absolute Gasteiger partial charge is 0.240 e. The van der Waals surface area contributed by atoms with E-state index in [1.165, 1.54) is 18.2 Å². The molecule has 0 saturated heterocycles. The Bertz CT molecular complexity index is 1380. The van der Waals surface area contributed by atoms with Crippen molar-refractivity contribution in [2.75, 3.05) is 0 Å². The van der Waals surface area contributed by atoms with Gasteiger partial charge in [0.1, 0.15) is 0 Å². The number of carbonyl (C=O) groups excluding carboxylic acids is 4. The van der Waals surface area contributed by atoms with Crippen LogP contribution in [0.5, 0.6) is 0 Å².